The Bertz CT molecular complexity index is 2250. The fourth-order valence-electron chi connectivity index (χ4n) is 5.18. The Labute approximate surface area is 301 Å². The number of pyridine rings is 3. The molecule has 4 heterocycles. The molecule has 0 aliphatic carbocycles. The van der Waals surface area contributed by atoms with E-state index < -0.39 is 0 Å². The Morgan fingerprint density at radius 1 is 0.625 bits per heavy atom. The average molecular weight is 817 g/mol. The third-order valence-corrected chi connectivity index (χ3v) is 8.80. The summed E-state index contributed by atoms with van der Waals surface area (Å²) >= 11 is 1.82. The van der Waals surface area contributed by atoms with Crippen LogP contribution in [0.4, 0.5) is 0 Å². The SMILES string of the molecule is Cc1cccc(-c2[c-]cccc2)n1.Cc1ccnc(-c2[c-]cc3sc4ccccc4c3c2)c1.[CH2-][n+]1c(C)cccc1-c1[c-]cccc1.[Ir]. The maximum atomic E-state index is 4.45. The van der Waals surface area contributed by atoms with Crippen molar-refractivity contribution in [2.45, 2.75) is 20.8 Å². The zero-order chi connectivity index (χ0) is 32.6. The fraction of sp³-hybridized carbons (Fsp3) is 0.0698. The number of nitrogens with zero attached hydrogens (tertiary/aromatic N) is 3. The third kappa shape index (κ3) is 8.31. The summed E-state index contributed by atoms with van der Waals surface area (Å²) in [6.45, 7) is 6.12. The van der Waals surface area contributed by atoms with Gasteiger partial charge in [-0.05, 0) is 66.5 Å². The summed E-state index contributed by atoms with van der Waals surface area (Å²) < 4.78 is 4.53. The Hall–Kier alpha value is -4.93. The van der Waals surface area contributed by atoms with E-state index in [9.17, 15) is 0 Å². The number of rotatable bonds is 3. The van der Waals surface area contributed by atoms with E-state index in [1.54, 1.807) is 0 Å². The predicted molar refractivity (Wildman–Crippen MR) is 196 cm³/mol. The molecule has 0 N–H and O–H groups in total. The number of aromatic nitrogens is 3. The molecule has 0 amide bonds. The van der Waals surface area contributed by atoms with E-state index in [1.807, 2.05) is 127 Å². The molecule has 0 saturated heterocycles. The first-order valence-electron chi connectivity index (χ1n) is 15.4. The van der Waals surface area contributed by atoms with Crippen molar-refractivity contribution in [2.75, 3.05) is 0 Å². The van der Waals surface area contributed by atoms with E-state index in [0.29, 0.717) is 0 Å². The van der Waals surface area contributed by atoms with Gasteiger partial charge in [0.25, 0.3) is 0 Å². The quantitative estimate of drug-likeness (QED) is 0.131. The molecule has 4 aromatic carbocycles. The van der Waals surface area contributed by atoms with Crippen LogP contribution in [0.25, 0.3) is 53.9 Å². The van der Waals surface area contributed by atoms with Gasteiger partial charge < -0.3 is 14.5 Å². The fourth-order valence-corrected chi connectivity index (χ4v) is 6.25. The molecule has 5 heteroatoms. The monoisotopic (exact) mass is 817 g/mol. The molecule has 0 bridgehead atoms. The van der Waals surface area contributed by atoms with E-state index in [0.717, 1.165) is 45.2 Å². The molecule has 8 aromatic rings. The Morgan fingerprint density at radius 2 is 1.35 bits per heavy atom. The van der Waals surface area contributed by atoms with Crippen LogP contribution in [0.5, 0.6) is 0 Å². The zero-order valence-electron chi connectivity index (χ0n) is 27.1. The summed E-state index contributed by atoms with van der Waals surface area (Å²) in [5, 5.41) is 2.61. The molecule has 0 unspecified atom stereocenters. The summed E-state index contributed by atoms with van der Waals surface area (Å²) in [4.78, 5) is 8.87. The van der Waals surface area contributed by atoms with Crippen LogP contribution in [-0.4, -0.2) is 9.97 Å². The molecule has 4 aromatic heterocycles. The van der Waals surface area contributed by atoms with E-state index in [1.165, 1.54) is 25.7 Å². The van der Waals surface area contributed by atoms with Gasteiger partial charge in [0.15, 0.2) is 0 Å². The number of benzene rings is 4. The summed E-state index contributed by atoms with van der Waals surface area (Å²) in [6.07, 6.45) is 1.86. The predicted octanol–water partition coefficient (Wildman–Crippen LogP) is 10.5. The van der Waals surface area contributed by atoms with Gasteiger partial charge in [-0.3, -0.25) is 0 Å². The van der Waals surface area contributed by atoms with Crippen molar-refractivity contribution < 1.29 is 24.7 Å². The third-order valence-electron chi connectivity index (χ3n) is 7.67. The summed E-state index contributed by atoms with van der Waals surface area (Å²) in [5.74, 6) is 0. The molecule has 0 aliphatic heterocycles. The minimum atomic E-state index is 0. The molecular weight excluding hydrogens is 783 g/mol. The second-order valence-corrected chi connectivity index (χ2v) is 12.2. The Kier molecular flexibility index (Phi) is 11.7. The topological polar surface area (TPSA) is 29.7 Å². The molecule has 0 aliphatic rings. The van der Waals surface area contributed by atoms with Gasteiger partial charge in [0.2, 0.25) is 0 Å². The number of hydrogen-bond acceptors (Lipinski definition) is 3. The maximum absolute atomic E-state index is 4.45. The first-order valence-corrected chi connectivity index (χ1v) is 16.2. The van der Waals surface area contributed by atoms with Crippen LogP contribution in [0.3, 0.4) is 0 Å². The summed E-state index contributed by atoms with van der Waals surface area (Å²) in [6, 6.07) is 54.6. The average Bonchev–Trinajstić information content (AvgIpc) is 3.49. The molecule has 0 atom stereocenters. The summed E-state index contributed by atoms with van der Waals surface area (Å²) in [7, 11) is 3.99. The van der Waals surface area contributed by atoms with E-state index in [2.05, 4.69) is 84.6 Å². The first-order chi connectivity index (χ1) is 23.0. The second kappa shape index (κ2) is 16.3. The van der Waals surface area contributed by atoms with Gasteiger partial charge in [0.05, 0.1) is 5.69 Å². The van der Waals surface area contributed by atoms with Crippen LogP contribution in [-0.2, 0) is 20.1 Å². The summed E-state index contributed by atoms with van der Waals surface area (Å²) in [5.41, 5.74) is 9.64. The zero-order valence-corrected chi connectivity index (χ0v) is 30.3. The molecule has 8 rings (SSSR count). The molecule has 0 fully saturated rings. The largest absolute Gasteiger partial charge is 0.318 e. The van der Waals surface area contributed by atoms with Crippen LogP contribution < -0.4 is 4.57 Å². The van der Waals surface area contributed by atoms with Crippen LogP contribution in [0.1, 0.15) is 17.0 Å². The van der Waals surface area contributed by atoms with Gasteiger partial charge in [0, 0.05) is 43.7 Å². The van der Waals surface area contributed by atoms with Gasteiger partial charge in [0.1, 0.15) is 5.69 Å². The normalized spacial score (nSPS) is 10.3. The van der Waals surface area contributed by atoms with Crippen molar-refractivity contribution >= 4 is 31.5 Å². The Morgan fingerprint density at radius 3 is 2.08 bits per heavy atom. The van der Waals surface area contributed by atoms with E-state index in [4.69, 9.17) is 0 Å². The van der Waals surface area contributed by atoms with Crippen LogP contribution in [0.2, 0.25) is 0 Å². The van der Waals surface area contributed by atoms with Crippen molar-refractivity contribution in [3.8, 4) is 33.8 Å². The number of fused-ring (bicyclic) bond motifs is 3. The van der Waals surface area contributed by atoms with Crippen molar-refractivity contribution in [3.05, 3.63) is 182 Å². The minimum absolute atomic E-state index is 0. The van der Waals surface area contributed by atoms with Gasteiger partial charge in [-0.15, -0.1) is 90.0 Å². The van der Waals surface area contributed by atoms with Gasteiger partial charge in [-0.1, -0.05) is 65.0 Å². The Balaban J connectivity index is 0.000000144. The van der Waals surface area contributed by atoms with Crippen LogP contribution >= 0.6 is 11.3 Å². The molecule has 1 radical (unpaired) electrons. The number of aryl methyl sites for hydroxylation is 3. The van der Waals surface area contributed by atoms with Crippen molar-refractivity contribution in [1.82, 2.24) is 9.97 Å². The smallest absolute Gasteiger partial charge is 0.115 e. The van der Waals surface area contributed by atoms with Crippen LogP contribution in [0.15, 0.2) is 140 Å². The van der Waals surface area contributed by atoms with E-state index in [-0.39, 0.29) is 20.1 Å². The maximum Gasteiger partial charge on any atom is 0.115 e. The first kappa shape index (κ1) is 34.4. The molecule has 0 spiro atoms. The van der Waals surface area contributed by atoms with Gasteiger partial charge >= 0.3 is 0 Å². The van der Waals surface area contributed by atoms with Crippen molar-refractivity contribution in [2.24, 2.45) is 0 Å². The van der Waals surface area contributed by atoms with E-state index >= 15 is 0 Å². The second-order valence-electron chi connectivity index (χ2n) is 11.1. The molecular formula is C43H34IrN3S-3. The standard InChI is InChI=1S/C18H12NS.C13H12N.C12H10N.Ir/c1-12-8-9-19-16(10-12)13-6-7-18-15(11-13)14-4-2-3-5-17(14)20-18;1-11-7-6-10-13(14(11)2)12-8-4-3-5-9-12;1-10-6-5-9-12(13-10)11-7-3-2-4-8-11;/h2-5,7-11H,1H3;3-8,10H,2H2,1H3;2-7,9H,1H3;/q3*-1;. The molecule has 48 heavy (non-hydrogen) atoms. The van der Waals surface area contributed by atoms with Gasteiger partial charge in [-0.2, -0.15) is 11.3 Å². The van der Waals surface area contributed by atoms with Crippen molar-refractivity contribution in [1.29, 1.82) is 0 Å². The van der Waals surface area contributed by atoms with Gasteiger partial charge in [-0.25, -0.2) is 0 Å². The number of hydrogen-bond donors (Lipinski definition) is 0. The molecule has 3 nitrogen and oxygen atoms in total. The number of thiophene rings is 1. The molecule has 0 saturated carbocycles. The minimum Gasteiger partial charge on any atom is -0.318 e. The molecule has 239 valence electrons. The van der Waals surface area contributed by atoms with Crippen LogP contribution in [0, 0.1) is 46.0 Å². The van der Waals surface area contributed by atoms with Crippen molar-refractivity contribution in [3.63, 3.8) is 0 Å².